The van der Waals surface area contributed by atoms with Crippen molar-refractivity contribution in [2.75, 3.05) is 5.32 Å². The normalized spacial score (nSPS) is 10.1. The first kappa shape index (κ1) is 18.4. The molecule has 8 heteroatoms. The van der Waals surface area contributed by atoms with Crippen molar-refractivity contribution < 1.29 is 9.59 Å². The van der Waals surface area contributed by atoms with Gasteiger partial charge < -0.3 is 5.32 Å². The van der Waals surface area contributed by atoms with Crippen LogP contribution in [-0.4, -0.2) is 21.9 Å². The maximum Gasteiger partial charge on any atom is 0.337 e. The second-order valence-electron chi connectivity index (χ2n) is 5.40. The van der Waals surface area contributed by atoms with Crippen LogP contribution in [0.4, 0.5) is 10.5 Å². The molecule has 0 atom stereocenters. The Morgan fingerprint density at radius 2 is 1.67 bits per heavy atom. The molecule has 0 saturated heterocycles. The van der Waals surface area contributed by atoms with Crippen molar-refractivity contribution in [2.24, 2.45) is 0 Å². The number of hydrazine groups is 1. The van der Waals surface area contributed by atoms with E-state index in [1.54, 1.807) is 55.0 Å². The van der Waals surface area contributed by atoms with E-state index in [1.165, 1.54) is 11.8 Å². The Labute approximate surface area is 160 Å². The fourth-order valence-corrected chi connectivity index (χ4v) is 3.12. The van der Waals surface area contributed by atoms with E-state index in [4.69, 9.17) is 0 Å². The highest BCUT2D eigenvalue weighted by Gasteiger charge is 2.13. The number of anilines is 1. The number of urea groups is 1. The molecule has 3 N–H and O–H groups in total. The molecule has 3 aromatic rings. The van der Waals surface area contributed by atoms with Crippen LogP contribution in [0.1, 0.15) is 15.9 Å². The number of carbonyl (C=O) groups is 2. The molecule has 0 radical (unpaired) electrons. The molecular formula is C19H17N5O2S. The second kappa shape index (κ2) is 9.35. The summed E-state index contributed by atoms with van der Waals surface area (Å²) in [5.74, 6) is 0.213. The van der Waals surface area contributed by atoms with Crippen molar-refractivity contribution in [1.29, 1.82) is 0 Å². The topological polar surface area (TPSA) is 96.0 Å². The van der Waals surface area contributed by atoms with Gasteiger partial charge in [-0.1, -0.05) is 18.2 Å². The van der Waals surface area contributed by atoms with Gasteiger partial charge in [0, 0.05) is 30.0 Å². The molecule has 0 saturated carbocycles. The van der Waals surface area contributed by atoms with Gasteiger partial charge >= 0.3 is 6.03 Å². The minimum Gasteiger partial charge on any atom is -0.307 e. The molecule has 0 aliphatic rings. The van der Waals surface area contributed by atoms with Crippen LogP contribution in [0.2, 0.25) is 0 Å². The van der Waals surface area contributed by atoms with Gasteiger partial charge in [-0.3, -0.25) is 15.2 Å². The number of rotatable bonds is 5. The van der Waals surface area contributed by atoms with Crippen LogP contribution in [0.15, 0.2) is 78.2 Å². The standard InChI is InChI=1S/C19H17N5O2S/c25-17(23-24-19(26)22-15-5-2-1-3-6-15)16-7-4-10-21-18(16)27-13-14-8-11-20-12-9-14/h1-12H,13H2,(H,23,25)(H2,22,24,26). The van der Waals surface area contributed by atoms with Gasteiger partial charge in [-0.25, -0.2) is 15.2 Å². The summed E-state index contributed by atoms with van der Waals surface area (Å²) in [4.78, 5) is 32.5. The van der Waals surface area contributed by atoms with Gasteiger partial charge in [0.05, 0.1) is 5.56 Å². The molecule has 0 aliphatic heterocycles. The predicted molar refractivity (Wildman–Crippen MR) is 104 cm³/mol. The van der Waals surface area contributed by atoms with E-state index in [9.17, 15) is 9.59 Å². The molecule has 0 unspecified atom stereocenters. The fourth-order valence-electron chi connectivity index (χ4n) is 2.17. The Hall–Kier alpha value is -3.39. The lowest BCUT2D eigenvalue weighted by Crippen LogP contribution is -2.44. The van der Waals surface area contributed by atoms with E-state index < -0.39 is 11.9 Å². The van der Waals surface area contributed by atoms with E-state index in [2.05, 4.69) is 26.1 Å². The van der Waals surface area contributed by atoms with Gasteiger partial charge in [0.1, 0.15) is 5.03 Å². The summed E-state index contributed by atoms with van der Waals surface area (Å²) in [5.41, 5.74) is 6.82. The number of amides is 3. The van der Waals surface area contributed by atoms with Gasteiger partial charge in [0.15, 0.2) is 0 Å². The third kappa shape index (κ3) is 5.55. The average molecular weight is 379 g/mol. The number of para-hydroxylation sites is 1. The minimum absolute atomic E-state index is 0.386. The maximum absolute atomic E-state index is 12.4. The second-order valence-corrected chi connectivity index (χ2v) is 6.36. The van der Waals surface area contributed by atoms with Gasteiger partial charge in [-0.2, -0.15) is 0 Å². The average Bonchev–Trinajstić information content (AvgIpc) is 2.72. The zero-order chi connectivity index (χ0) is 18.9. The van der Waals surface area contributed by atoms with Crippen LogP contribution >= 0.6 is 11.8 Å². The number of aromatic nitrogens is 2. The highest BCUT2D eigenvalue weighted by Crippen LogP contribution is 2.23. The van der Waals surface area contributed by atoms with Crippen LogP contribution < -0.4 is 16.2 Å². The van der Waals surface area contributed by atoms with Gasteiger partial charge in [0.25, 0.3) is 5.91 Å². The molecule has 7 nitrogen and oxygen atoms in total. The molecule has 3 rings (SSSR count). The summed E-state index contributed by atoms with van der Waals surface area (Å²) in [6.07, 6.45) is 5.07. The highest BCUT2D eigenvalue weighted by molar-refractivity contribution is 7.98. The molecule has 2 aromatic heterocycles. The number of hydrogen-bond acceptors (Lipinski definition) is 5. The summed E-state index contributed by atoms with van der Waals surface area (Å²) in [6.45, 7) is 0. The Balaban J connectivity index is 1.57. The van der Waals surface area contributed by atoms with Gasteiger partial charge in [-0.05, 0) is 42.0 Å². The fraction of sp³-hybridized carbons (Fsp3) is 0.0526. The first-order valence-electron chi connectivity index (χ1n) is 8.11. The number of carbonyl (C=O) groups excluding carboxylic acids is 2. The Kier molecular flexibility index (Phi) is 6.37. The number of hydrogen-bond donors (Lipinski definition) is 3. The first-order chi connectivity index (χ1) is 13.2. The summed E-state index contributed by atoms with van der Waals surface area (Å²) in [6, 6.07) is 15.6. The van der Waals surface area contributed by atoms with E-state index >= 15 is 0 Å². The third-order valence-electron chi connectivity index (χ3n) is 3.46. The summed E-state index contributed by atoms with van der Waals surface area (Å²) in [7, 11) is 0. The number of thioether (sulfide) groups is 1. The summed E-state index contributed by atoms with van der Waals surface area (Å²) in [5, 5.41) is 3.20. The molecule has 27 heavy (non-hydrogen) atoms. The zero-order valence-corrected chi connectivity index (χ0v) is 15.1. The summed E-state index contributed by atoms with van der Waals surface area (Å²) >= 11 is 1.44. The molecule has 1 aromatic carbocycles. The van der Waals surface area contributed by atoms with Crippen molar-refractivity contribution in [3.8, 4) is 0 Å². The van der Waals surface area contributed by atoms with Crippen LogP contribution in [0.3, 0.4) is 0 Å². The van der Waals surface area contributed by atoms with E-state index in [-0.39, 0.29) is 0 Å². The van der Waals surface area contributed by atoms with Crippen LogP contribution in [0.5, 0.6) is 0 Å². The summed E-state index contributed by atoms with van der Waals surface area (Å²) < 4.78 is 0. The smallest absolute Gasteiger partial charge is 0.307 e. The van der Waals surface area contributed by atoms with Crippen LogP contribution in [0.25, 0.3) is 0 Å². The lowest BCUT2D eigenvalue weighted by atomic mass is 10.3. The van der Waals surface area contributed by atoms with Crippen LogP contribution in [-0.2, 0) is 5.75 Å². The molecule has 3 amide bonds. The van der Waals surface area contributed by atoms with Crippen molar-refractivity contribution >= 4 is 29.4 Å². The molecule has 0 spiro atoms. The van der Waals surface area contributed by atoms with Crippen LogP contribution in [0, 0.1) is 0 Å². The minimum atomic E-state index is -0.538. The van der Waals surface area contributed by atoms with Crippen molar-refractivity contribution in [3.05, 3.63) is 84.3 Å². The van der Waals surface area contributed by atoms with Crippen molar-refractivity contribution in [3.63, 3.8) is 0 Å². The number of pyridine rings is 2. The van der Waals surface area contributed by atoms with Crippen molar-refractivity contribution in [2.45, 2.75) is 10.8 Å². The first-order valence-corrected chi connectivity index (χ1v) is 9.10. The van der Waals surface area contributed by atoms with E-state index in [1.807, 2.05) is 18.2 Å². The molecule has 0 aliphatic carbocycles. The highest BCUT2D eigenvalue weighted by atomic mass is 32.2. The lowest BCUT2D eigenvalue weighted by Gasteiger charge is -2.11. The number of benzene rings is 1. The van der Waals surface area contributed by atoms with E-state index in [0.29, 0.717) is 22.0 Å². The molecule has 0 bridgehead atoms. The Morgan fingerprint density at radius 3 is 2.44 bits per heavy atom. The maximum atomic E-state index is 12.4. The Morgan fingerprint density at radius 1 is 0.889 bits per heavy atom. The molecule has 2 heterocycles. The van der Waals surface area contributed by atoms with E-state index in [0.717, 1.165) is 5.56 Å². The number of nitrogens with zero attached hydrogens (tertiary/aromatic N) is 2. The zero-order valence-electron chi connectivity index (χ0n) is 14.3. The molecule has 0 fully saturated rings. The molecular weight excluding hydrogens is 362 g/mol. The third-order valence-corrected chi connectivity index (χ3v) is 4.54. The lowest BCUT2D eigenvalue weighted by molar-refractivity contribution is 0.0934. The van der Waals surface area contributed by atoms with Gasteiger partial charge in [0.2, 0.25) is 0 Å². The monoisotopic (exact) mass is 379 g/mol. The van der Waals surface area contributed by atoms with Gasteiger partial charge in [-0.15, -0.1) is 11.8 Å². The SMILES string of the molecule is O=C(NNC(=O)c1cccnc1SCc1ccncc1)Nc1ccccc1. The predicted octanol–water partition coefficient (Wildman–Crippen LogP) is 3.24. The Bertz CT molecular complexity index is 906. The number of nitrogens with one attached hydrogen (secondary N) is 3. The van der Waals surface area contributed by atoms with Crippen molar-refractivity contribution in [1.82, 2.24) is 20.8 Å². The molecule has 136 valence electrons. The largest absolute Gasteiger partial charge is 0.337 e. The quantitative estimate of drug-likeness (QED) is 0.467.